The Morgan fingerprint density at radius 1 is 1.12 bits per heavy atom. The van der Waals surface area contributed by atoms with Crippen molar-refractivity contribution in [2.45, 2.75) is 13.3 Å². The van der Waals surface area contributed by atoms with Gasteiger partial charge in [-0.05, 0) is 19.4 Å². The fraction of sp³-hybridized carbons (Fsp3) is 0.214. The predicted octanol–water partition coefficient (Wildman–Crippen LogP) is 4.17. The molecule has 0 fully saturated rings. The van der Waals surface area contributed by atoms with Crippen LogP contribution in [0.4, 0.5) is 4.39 Å². The summed E-state index contributed by atoms with van der Waals surface area (Å²) in [5.41, 5.74) is 1.32. The summed E-state index contributed by atoms with van der Waals surface area (Å²) in [6.45, 7) is 2.08. The molecule has 1 aliphatic rings. The minimum absolute atomic E-state index is 0.377. The van der Waals surface area contributed by atoms with Crippen molar-refractivity contribution >= 4 is 0 Å². The van der Waals surface area contributed by atoms with Gasteiger partial charge in [0.15, 0.2) is 0 Å². The van der Waals surface area contributed by atoms with Gasteiger partial charge in [-0.1, -0.05) is 48.0 Å². The van der Waals surface area contributed by atoms with Crippen LogP contribution >= 0.6 is 0 Å². The second-order valence-electron chi connectivity index (χ2n) is 3.11. The minimum atomic E-state index is 0.377. The fourth-order valence-corrected chi connectivity index (χ4v) is 1.04. The second-order valence-corrected chi connectivity index (χ2v) is 3.11. The summed E-state index contributed by atoms with van der Waals surface area (Å²) in [5, 5.41) is 8.66. The summed E-state index contributed by atoms with van der Waals surface area (Å²) in [6.07, 6.45) is 8.13. The maximum absolute atomic E-state index is 9.50. The molecule has 16 heavy (non-hydrogen) atoms. The second kappa shape index (κ2) is 9.97. The zero-order chi connectivity index (χ0) is 12.2. The van der Waals surface area contributed by atoms with E-state index >= 15 is 0 Å². The van der Waals surface area contributed by atoms with Crippen molar-refractivity contribution in [2.24, 2.45) is 0 Å². The fourth-order valence-electron chi connectivity index (χ4n) is 1.04. The number of halogens is 1. The molecule has 87 valence electrons. The van der Waals surface area contributed by atoms with Crippen LogP contribution in [0.25, 0.3) is 0 Å². The molecule has 0 atom stereocenters. The average molecular weight is 221 g/mol. The number of aliphatic hydroxyl groups is 1. The molecule has 1 nitrogen and oxygen atoms in total. The van der Waals surface area contributed by atoms with Gasteiger partial charge in [-0.3, -0.25) is 4.39 Å². The zero-order valence-electron chi connectivity index (χ0n) is 9.73. The summed E-state index contributed by atoms with van der Waals surface area (Å²) in [7, 11) is 0.500. The van der Waals surface area contributed by atoms with E-state index in [-0.39, 0.29) is 0 Å². The Morgan fingerprint density at radius 3 is 2.00 bits per heavy atom. The molecule has 0 saturated heterocycles. The molecule has 1 radical (unpaired) electrons. The highest BCUT2D eigenvalue weighted by Gasteiger charge is 1.91. The predicted molar refractivity (Wildman–Crippen MR) is 67.0 cm³/mol. The number of aryl methyl sites for hydroxylation is 1. The third-order valence-electron chi connectivity index (χ3n) is 1.81. The lowest BCUT2D eigenvalue weighted by molar-refractivity contribution is 0.421. The van der Waals surface area contributed by atoms with Gasteiger partial charge in [0.05, 0.1) is 12.9 Å². The Kier molecular flexibility index (Phi) is 8.99. The van der Waals surface area contributed by atoms with E-state index < -0.39 is 0 Å². The lowest BCUT2D eigenvalue weighted by Crippen LogP contribution is -1.82. The Bertz CT molecular complexity index is 315. The van der Waals surface area contributed by atoms with E-state index in [0.29, 0.717) is 12.9 Å². The maximum atomic E-state index is 9.50. The van der Waals surface area contributed by atoms with Crippen molar-refractivity contribution in [1.29, 1.82) is 0 Å². The maximum Gasteiger partial charge on any atom is 0.0965 e. The number of allylic oxidation sites excluding steroid dienone is 3. The Balaban J connectivity index is 0.000000244. The molecule has 1 aliphatic carbocycles. The van der Waals surface area contributed by atoms with Crippen molar-refractivity contribution < 1.29 is 9.50 Å². The summed E-state index contributed by atoms with van der Waals surface area (Å²) >= 11 is 0. The average Bonchev–Trinajstić information content (AvgIpc) is 2.34. The molecule has 0 saturated carbocycles. The topological polar surface area (TPSA) is 20.2 Å². The third kappa shape index (κ3) is 7.80. The molecule has 0 heterocycles. The van der Waals surface area contributed by atoms with E-state index in [4.69, 9.17) is 5.11 Å². The van der Waals surface area contributed by atoms with Crippen LogP contribution in [0.1, 0.15) is 12.0 Å². The molecule has 2 rings (SSSR count). The Labute approximate surface area is 96.9 Å². The Morgan fingerprint density at radius 2 is 1.75 bits per heavy atom. The first-order valence-corrected chi connectivity index (χ1v) is 5.07. The number of benzene rings is 1. The van der Waals surface area contributed by atoms with E-state index in [2.05, 4.69) is 19.1 Å². The normalized spacial score (nSPS) is 12.6. The highest BCUT2D eigenvalue weighted by atomic mass is 19.1. The van der Waals surface area contributed by atoms with E-state index in [1.54, 1.807) is 12.5 Å². The Hall–Kier alpha value is -1.57. The molecular formula is C14H18FO. The van der Waals surface area contributed by atoms with Crippen LogP contribution in [-0.2, 0) is 0 Å². The lowest BCUT2D eigenvalue weighted by Gasteiger charge is -1.96. The van der Waals surface area contributed by atoms with Gasteiger partial charge in [0, 0.05) is 6.42 Å². The van der Waals surface area contributed by atoms with Gasteiger partial charge in [-0.15, -0.1) is 0 Å². The lowest BCUT2D eigenvalue weighted by atomic mass is 10.2. The molecule has 2 heteroatoms. The van der Waals surface area contributed by atoms with E-state index in [1.807, 2.05) is 30.4 Å². The molecule has 0 aliphatic heterocycles. The summed E-state index contributed by atoms with van der Waals surface area (Å²) < 4.78 is 9.50. The van der Waals surface area contributed by atoms with E-state index in [9.17, 15) is 4.39 Å². The van der Waals surface area contributed by atoms with Crippen LogP contribution in [0, 0.1) is 13.3 Å². The van der Waals surface area contributed by atoms with Gasteiger partial charge >= 0.3 is 0 Å². The van der Waals surface area contributed by atoms with Crippen molar-refractivity contribution in [1.82, 2.24) is 0 Å². The summed E-state index contributed by atoms with van der Waals surface area (Å²) in [4.78, 5) is 0. The molecule has 1 aromatic rings. The largest absolute Gasteiger partial charge is 0.512 e. The van der Waals surface area contributed by atoms with Crippen LogP contribution in [0.3, 0.4) is 0 Å². The highest BCUT2D eigenvalue weighted by Crippen LogP contribution is 2.04. The van der Waals surface area contributed by atoms with Gasteiger partial charge in [0.2, 0.25) is 0 Å². The smallest absolute Gasteiger partial charge is 0.0965 e. The highest BCUT2D eigenvalue weighted by molar-refractivity contribution is 5.20. The van der Waals surface area contributed by atoms with Crippen LogP contribution in [0.5, 0.6) is 0 Å². The summed E-state index contributed by atoms with van der Waals surface area (Å²) in [6, 6.07) is 10.3. The summed E-state index contributed by atoms with van der Waals surface area (Å²) in [5.74, 6) is 0.377. The van der Waals surface area contributed by atoms with Gasteiger partial charge in [0.25, 0.3) is 0 Å². The quantitative estimate of drug-likeness (QED) is 0.697. The van der Waals surface area contributed by atoms with Crippen LogP contribution in [0.2, 0.25) is 0 Å². The van der Waals surface area contributed by atoms with Crippen molar-refractivity contribution in [3.05, 3.63) is 66.3 Å². The van der Waals surface area contributed by atoms with Crippen molar-refractivity contribution in [3.63, 3.8) is 0 Å². The van der Waals surface area contributed by atoms with Crippen LogP contribution < -0.4 is 0 Å². The standard InChI is InChI=1S/C7H8.C6H7O.CH3F/c1-7-5-3-2-4-6-7;7-6-4-2-1-3-5-6;1-2/h2-6H,1H3;1-2,4-5,7H,3H2;1H3. The molecule has 0 amide bonds. The molecule has 1 aromatic carbocycles. The van der Waals surface area contributed by atoms with Crippen LogP contribution in [-0.4, -0.2) is 12.3 Å². The van der Waals surface area contributed by atoms with Crippen molar-refractivity contribution in [3.8, 4) is 0 Å². The number of aliphatic hydroxyl groups excluding tert-OH is 1. The number of alkyl halides is 1. The molecule has 0 aromatic heterocycles. The zero-order valence-corrected chi connectivity index (χ0v) is 9.73. The first kappa shape index (κ1) is 14.4. The van der Waals surface area contributed by atoms with Crippen LogP contribution in [0.15, 0.2) is 54.3 Å². The van der Waals surface area contributed by atoms with E-state index in [1.165, 1.54) is 5.56 Å². The molecule has 0 spiro atoms. The molecule has 0 unspecified atom stereocenters. The first-order valence-electron chi connectivity index (χ1n) is 5.07. The van der Waals surface area contributed by atoms with Gasteiger partial charge < -0.3 is 5.11 Å². The first-order chi connectivity index (χ1) is 7.79. The van der Waals surface area contributed by atoms with Gasteiger partial charge in [-0.25, -0.2) is 0 Å². The molecule has 1 N–H and O–H groups in total. The van der Waals surface area contributed by atoms with Crippen molar-refractivity contribution in [2.75, 3.05) is 7.18 Å². The number of rotatable bonds is 0. The van der Waals surface area contributed by atoms with Gasteiger partial charge in [0.1, 0.15) is 0 Å². The minimum Gasteiger partial charge on any atom is -0.512 e. The number of hydrogen-bond acceptors (Lipinski definition) is 1. The monoisotopic (exact) mass is 221 g/mol. The third-order valence-corrected chi connectivity index (χ3v) is 1.81. The van der Waals surface area contributed by atoms with E-state index in [0.717, 1.165) is 6.42 Å². The number of hydrogen-bond donors (Lipinski definition) is 1. The molecular weight excluding hydrogens is 203 g/mol. The molecule has 0 bridgehead atoms. The SMILES string of the molecule is CF.Cc1ccccc1.OC1=CCC=C[CH]1. The van der Waals surface area contributed by atoms with Gasteiger partial charge in [-0.2, -0.15) is 0 Å².